The van der Waals surface area contributed by atoms with Crippen molar-refractivity contribution in [2.24, 2.45) is 12.8 Å². The first-order valence-corrected chi connectivity index (χ1v) is 10.7. The molecule has 2 amide bonds. The lowest BCUT2D eigenvalue weighted by atomic mass is 10.1. The number of nitrogens with zero attached hydrogens (tertiary/aromatic N) is 3. The van der Waals surface area contributed by atoms with E-state index in [4.69, 9.17) is 5.73 Å². The summed E-state index contributed by atoms with van der Waals surface area (Å²) in [5.41, 5.74) is 7.98. The van der Waals surface area contributed by atoms with Gasteiger partial charge in [0.1, 0.15) is 5.00 Å². The molecule has 2 aromatic heterocycles. The van der Waals surface area contributed by atoms with Gasteiger partial charge in [0.05, 0.1) is 11.3 Å². The molecule has 0 fully saturated rings. The zero-order chi connectivity index (χ0) is 19.7. The number of aromatic nitrogens is 3. The third-order valence-corrected chi connectivity index (χ3v) is 6.85. The molecule has 144 valence electrons. The Hall–Kier alpha value is -2.65. The number of hydrogen-bond acceptors (Lipinski definition) is 6. The van der Waals surface area contributed by atoms with Crippen LogP contribution in [0, 0.1) is 0 Å². The van der Waals surface area contributed by atoms with Crippen LogP contribution in [-0.2, 0) is 24.7 Å². The molecule has 0 saturated carbocycles. The molecule has 0 saturated heterocycles. The van der Waals surface area contributed by atoms with Gasteiger partial charge in [0.2, 0.25) is 5.91 Å². The van der Waals surface area contributed by atoms with Gasteiger partial charge in [-0.05, 0) is 24.8 Å². The van der Waals surface area contributed by atoms with E-state index in [-0.39, 0.29) is 11.7 Å². The third kappa shape index (κ3) is 3.55. The summed E-state index contributed by atoms with van der Waals surface area (Å²) < 4.78 is 1.86. The minimum absolute atomic E-state index is 0.168. The van der Waals surface area contributed by atoms with Gasteiger partial charge in [-0.3, -0.25) is 9.59 Å². The van der Waals surface area contributed by atoms with Crippen molar-refractivity contribution in [2.45, 2.75) is 24.4 Å². The number of anilines is 1. The summed E-state index contributed by atoms with van der Waals surface area (Å²) in [6.45, 7) is 0. The van der Waals surface area contributed by atoms with Crippen LogP contribution < -0.4 is 11.1 Å². The molecule has 0 unspecified atom stereocenters. The number of thioether (sulfide) groups is 1. The second kappa shape index (κ2) is 7.76. The van der Waals surface area contributed by atoms with Gasteiger partial charge in [0.15, 0.2) is 11.0 Å². The topological polar surface area (TPSA) is 103 Å². The van der Waals surface area contributed by atoms with Gasteiger partial charge >= 0.3 is 0 Å². The number of aryl methyl sites for hydroxylation is 1. The average molecular weight is 414 g/mol. The normalized spacial score (nSPS) is 12.8. The van der Waals surface area contributed by atoms with E-state index >= 15 is 0 Å². The van der Waals surface area contributed by atoms with Crippen molar-refractivity contribution in [3.8, 4) is 11.4 Å². The minimum Gasteiger partial charge on any atom is -0.365 e. The highest BCUT2D eigenvalue weighted by atomic mass is 32.2. The van der Waals surface area contributed by atoms with Crippen molar-refractivity contribution < 1.29 is 9.59 Å². The average Bonchev–Trinajstić information content (AvgIpc) is 3.35. The molecule has 3 N–H and O–H groups in total. The number of fused-ring (bicyclic) bond motifs is 1. The lowest BCUT2D eigenvalue weighted by Gasteiger charge is -2.06. The van der Waals surface area contributed by atoms with Crippen molar-refractivity contribution in [3.63, 3.8) is 0 Å². The lowest BCUT2D eigenvalue weighted by Crippen LogP contribution is -2.19. The molecule has 1 aromatic carbocycles. The largest absolute Gasteiger partial charge is 0.365 e. The van der Waals surface area contributed by atoms with Crippen LogP contribution in [0.1, 0.15) is 27.2 Å². The van der Waals surface area contributed by atoms with E-state index in [1.54, 1.807) is 0 Å². The highest BCUT2D eigenvalue weighted by Crippen LogP contribution is 2.38. The molecule has 0 aliphatic heterocycles. The van der Waals surface area contributed by atoms with Crippen molar-refractivity contribution in [1.82, 2.24) is 14.8 Å². The summed E-state index contributed by atoms with van der Waals surface area (Å²) in [4.78, 5) is 25.4. The van der Waals surface area contributed by atoms with Gasteiger partial charge in [-0.2, -0.15) is 0 Å². The van der Waals surface area contributed by atoms with Crippen LogP contribution in [0.2, 0.25) is 0 Å². The molecule has 28 heavy (non-hydrogen) atoms. The first kappa shape index (κ1) is 18.7. The number of carbonyl (C=O) groups excluding carboxylic acids is 2. The van der Waals surface area contributed by atoms with E-state index in [2.05, 4.69) is 15.5 Å². The maximum atomic E-state index is 12.4. The van der Waals surface area contributed by atoms with Crippen molar-refractivity contribution in [1.29, 1.82) is 0 Å². The molecule has 1 aliphatic rings. The number of amides is 2. The number of rotatable bonds is 6. The summed E-state index contributed by atoms with van der Waals surface area (Å²) in [6, 6.07) is 9.76. The maximum absolute atomic E-state index is 12.4. The van der Waals surface area contributed by atoms with Gasteiger partial charge in [-0.25, -0.2) is 0 Å². The maximum Gasteiger partial charge on any atom is 0.251 e. The number of hydrogen-bond donors (Lipinski definition) is 2. The SMILES string of the molecule is Cn1c(SCC(=O)Nc2sc3c(c2C(N)=O)CCC3)nnc1-c1ccccc1. The highest BCUT2D eigenvalue weighted by Gasteiger charge is 2.26. The number of primary amides is 1. The second-order valence-electron chi connectivity index (χ2n) is 6.49. The summed E-state index contributed by atoms with van der Waals surface area (Å²) in [7, 11) is 1.87. The number of nitrogens with one attached hydrogen (secondary N) is 1. The molecule has 2 heterocycles. The van der Waals surface area contributed by atoms with E-state index in [0.29, 0.717) is 15.7 Å². The highest BCUT2D eigenvalue weighted by molar-refractivity contribution is 7.99. The van der Waals surface area contributed by atoms with Crippen LogP contribution in [0.4, 0.5) is 5.00 Å². The van der Waals surface area contributed by atoms with E-state index < -0.39 is 5.91 Å². The Morgan fingerprint density at radius 1 is 1.25 bits per heavy atom. The Morgan fingerprint density at radius 2 is 2.04 bits per heavy atom. The first-order valence-electron chi connectivity index (χ1n) is 8.86. The van der Waals surface area contributed by atoms with E-state index in [9.17, 15) is 9.59 Å². The molecule has 9 heteroatoms. The Labute approximate surface area is 170 Å². The van der Waals surface area contributed by atoms with Gasteiger partial charge < -0.3 is 15.6 Å². The Morgan fingerprint density at radius 3 is 2.79 bits per heavy atom. The van der Waals surface area contributed by atoms with Crippen LogP contribution in [0.25, 0.3) is 11.4 Å². The van der Waals surface area contributed by atoms with Crippen LogP contribution in [-0.4, -0.2) is 32.3 Å². The quantitative estimate of drug-likeness (QED) is 0.605. The Balaban J connectivity index is 1.44. The fourth-order valence-corrected chi connectivity index (χ4v) is 5.35. The second-order valence-corrected chi connectivity index (χ2v) is 8.54. The summed E-state index contributed by atoms with van der Waals surface area (Å²) >= 11 is 2.76. The minimum atomic E-state index is -0.483. The molecule has 1 aliphatic carbocycles. The number of thiophene rings is 1. The van der Waals surface area contributed by atoms with E-state index in [0.717, 1.165) is 41.1 Å². The summed E-state index contributed by atoms with van der Waals surface area (Å²) in [5, 5.41) is 12.5. The molecular formula is C19H19N5O2S2. The smallest absolute Gasteiger partial charge is 0.251 e. The zero-order valence-electron chi connectivity index (χ0n) is 15.3. The standard InChI is InChI=1S/C19H19N5O2S2/c1-24-17(11-6-3-2-4-7-11)22-23-19(24)27-10-14(25)21-18-15(16(20)26)12-8-5-9-13(12)28-18/h2-4,6-7H,5,8-10H2,1H3,(H2,20,26)(H,21,25). The molecule has 0 bridgehead atoms. The molecule has 3 aromatic rings. The summed E-state index contributed by atoms with van der Waals surface area (Å²) in [6.07, 6.45) is 2.81. The predicted octanol–water partition coefficient (Wildman–Crippen LogP) is 2.86. The molecule has 0 spiro atoms. The lowest BCUT2D eigenvalue weighted by molar-refractivity contribution is -0.113. The predicted molar refractivity (Wildman–Crippen MR) is 111 cm³/mol. The Kier molecular flexibility index (Phi) is 5.19. The van der Waals surface area contributed by atoms with E-state index in [1.807, 2.05) is 41.9 Å². The van der Waals surface area contributed by atoms with Crippen LogP contribution in [0.15, 0.2) is 35.5 Å². The fourth-order valence-electron chi connectivity index (χ4n) is 3.32. The molecule has 0 atom stereocenters. The number of carbonyl (C=O) groups is 2. The van der Waals surface area contributed by atoms with E-state index in [1.165, 1.54) is 23.1 Å². The van der Waals surface area contributed by atoms with Crippen molar-refractivity contribution in [3.05, 3.63) is 46.3 Å². The first-order chi connectivity index (χ1) is 13.5. The molecule has 7 nitrogen and oxygen atoms in total. The number of benzene rings is 1. The third-order valence-electron chi connectivity index (χ3n) is 4.62. The molecule has 0 radical (unpaired) electrons. The van der Waals surface area contributed by atoms with Gasteiger partial charge in [0, 0.05) is 17.5 Å². The Bertz CT molecular complexity index is 1040. The van der Waals surface area contributed by atoms with Gasteiger partial charge in [0.25, 0.3) is 5.91 Å². The van der Waals surface area contributed by atoms with Gasteiger partial charge in [-0.15, -0.1) is 21.5 Å². The molecular weight excluding hydrogens is 394 g/mol. The molecule has 4 rings (SSSR count). The zero-order valence-corrected chi connectivity index (χ0v) is 16.9. The summed E-state index contributed by atoms with van der Waals surface area (Å²) in [5.74, 6) is 0.232. The number of nitrogens with two attached hydrogens (primary N) is 1. The van der Waals surface area contributed by atoms with Crippen LogP contribution in [0.5, 0.6) is 0 Å². The van der Waals surface area contributed by atoms with Crippen molar-refractivity contribution in [2.75, 3.05) is 11.1 Å². The van der Waals surface area contributed by atoms with Crippen molar-refractivity contribution >= 4 is 39.9 Å². The van der Waals surface area contributed by atoms with Gasteiger partial charge in [-0.1, -0.05) is 42.1 Å². The monoisotopic (exact) mass is 413 g/mol. The fraction of sp³-hybridized carbons (Fsp3) is 0.263. The van der Waals surface area contributed by atoms with Crippen LogP contribution in [0.3, 0.4) is 0 Å². The van der Waals surface area contributed by atoms with Crippen LogP contribution >= 0.6 is 23.1 Å².